The van der Waals surface area contributed by atoms with Crippen LogP contribution < -0.4 is 0 Å². The number of rotatable bonds is 2. The second kappa shape index (κ2) is 3.93. The second-order valence-corrected chi connectivity index (χ2v) is 6.12. The van der Waals surface area contributed by atoms with Crippen LogP contribution in [0.5, 0.6) is 0 Å². The van der Waals surface area contributed by atoms with E-state index >= 15 is 0 Å². The Kier molecular flexibility index (Phi) is 2.41. The monoisotopic (exact) mass is 278 g/mol. The molecule has 0 radical (unpaired) electrons. The van der Waals surface area contributed by atoms with Crippen LogP contribution in [0, 0.1) is 17.6 Å². The summed E-state index contributed by atoms with van der Waals surface area (Å²) in [7, 11) is 1.98. The van der Waals surface area contributed by atoms with Crippen molar-refractivity contribution in [2.45, 2.75) is 38.3 Å². The number of fused-ring (bicyclic) bond motifs is 1. The predicted molar refractivity (Wildman–Crippen MR) is 74.7 cm³/mol. The molecule has 0 bridgehead atoms. The van der Waals surface area contributed by atoms with Crippen molar-refractivity contribution in [1.82, 2.24) is 19.3 Å². The fourth-order valence-electron chi connectivity index (χ4n) is 3.39. The lowest BCUT2D eigenvalue weighted by molar-refractivity contribution is 0.0754. The van der Waals surface area contributed by atoms with E-state index in [1.165, 1.54) is 12.8 Å². The summed E-state index contributed by atoms with van der Waals surface area (Å²) in [4.78, 5) is 3.31. The van der Waals surface area contributed by atoms with E-state index in [0.29, 0.717) is 12.1 Å². The van der Waals surface area contributed by atoms with Crippen LogP contribution in [0.3, 0.4) is 0 Å². The van der Waals surface area contributed by atoms with Gasteiger partial charge in [-0.2, -0.15) is 5.10 Å². The highest BCUT2D eigenvalue weighted by atomic mass is 32.1. The SMILES string of the molecule is Cc1nn(C)c2c1[nH]c(=S)n2C1CCOC1C1CC1. The van der Waals surface area contributed by atoms with Gasteiger partial charge in [-0.15, -0.1) is 0 Å². The molecule has 1 N–H and O–H groups in total. The van der Waals surface area contributed by atoms with Crippen molar-refractivity contribution in [3.05, 3.63) is 10.5 Å². The van der Waals surface area contributed by atoms with Crippen LogP contribution in [0.4, 0.5) is 0 Å². The summed E-state index contributed by atoms with van der Waals surface area (Å²) < 4.78 is 10.9. The minimum atomic E-state index is 0.334. The first-order valence-corrected chi connectivity index (χ1v) is 7.33. The number of hydrogen-bond acceptors (Lipinski definition) is 3. The lowest BCUT2D eigenvalue weighted by atomic mass is 10.1. The number of H-pyrrole nitrogens is 1. The molecule has 2 aromatic rings. The van der Waals surface area contributed by atoms with Crippen molar-refractivity contribution in [3.63, 3.8) is 0 Å². The van der Waals surface area contributed by atoms with Gasteiger partial charge in [-0.3, -0.25) is 9.25 Å². The van der Waals surface area contributed by atoms with Crippen molar-refractivity contribution in [2.24, 2.45) is 13.0 Å². The molecule has 1 saturated heterocycles. The number of hydrogen-bond donors (Lipinski definition) is 1. The Morgan fingerprint density at radius 2 is 2.16 bits per heavy atom. The quantitative estimate of drug-likeness (QED) is 0.859. The molecule has 2 atom stereocenters. The molecule has 2 unspecified atom stereocenters. The first-order valence-electron chi connectivity index (χ1n) is 6.92. The minimum absolute atomic E-state index is 0.334. The molecule has 0 spiro atoms. The van der Waals surface area contributed by atoms with Crippen LogP contribution in [-0.2, 0) is 11.8 Å². The van der Waals surface area contributed by atoms with Crippen LogP contribution in [0.25, 0.3) is 11.2 Å². The molecule has 1 saturated carbocycles. The Bertz CT molecular complexity index is 693. The van der Waals surface area contributed by atoms with E-state index < -0.39 is 0 Å². The maximum Gasteiger partial charge on any atom is 0.179 e. The van der Waals surface area contributed by atoms with Gasteiger partial charge >= 0.3 is 0 Å². The zero-order valence-corrected chi connectivity index (χ0v) is 12.0. The molecule has 4 rings (SSSR count). The summed E-state index contributed by atoms with van der Waals surface area (Å²) in [5.41, 5.74) is 3.17. The number of aryl methyl sites for hydroxylation is 2. The average molecular weight is 278 g/mol. The van der Waals surface area contributed by atoms with Crippen LogP contribution in [0.1, 0.15) is 31.0 Å². The topological polar surface area (TPSA) is 47.8 Å². The largest absolute Gasteiger partial charge is 0.376 e. The van der Waals surface area contributed by atoms with Gasteiger partial charge in [0.15, 0.2) is 10.4 Å². The number of aromatic amines is 1. The van der Waals surface area contributed by atoms with Gasteiger partial charge < -0.3 is 9.72 Å². The fourth-order valence-corrected chi connectivity index (χ4v) is 3.71. The summed E-state index contributed by atoms with van der Waals surface area (Å²) >= 11 is 5.53. The first kappa shape index (κ1) is 11.7. The molecular formula is C13H18N4OS. The smallest absolute Gasteiger partial charge is 0.179 e. The minimum Gasteiger partial charge on any atom is -0.376 e. The lowest BCUT2D eigenvalue weighted by Crippen LogP contribution is -2.23. The Morgan fingerprint density at radius 3 is 2.89 bits per heavy atom. The normalized spacial score (nSPS) is 27.5. The van der Waals surface area contributed by atoms with E-state index in [9.17, 15) is 0 Å². The van der Waals surface area contributed by atoms with Gasteiger partial charge in [-0.05, 0) is 44.3 Å². The van der Waals surface area contributed by atoms with Gasteiger partial charge in [-0.1, -0.05) is 0 Å². The number of nitrogens with one attached hydrogen (secondary N) is 1. The predicted octanol–water partition coefficient (Wildman–Crippen LogP) is 2.48. The highest BCUT2D eigenvalue weighted by molar-refractivity contribution is 7.71. The van der Waals surface area contributed by atoms with Gasteiger partial charge in [0.25, 0.3) is 0 Å². The second-order valence-electron chi connectivity index (χ2n) is 5.74. The third kappa shape index (κ3) is 1.63. The third-order valence-electron chi connectivity index (χ3n) is 4.39. The van der Waals surface area contributed by atoms with Crippen molar-refractivity contribution >= 4 is 23.4 Å². The standard InChI is InChI=1S/C13H18N4OS/c1-7-10-12(16(2)15-7)17(13(19)14-10)9-5-6-18-11(9)8-3-4-8/h8-9,11H,3-6H2,1-2H3,(H,14,19). The summed E-state index contributed by atoms with van der Waals surface area (Å²) in [5, 5.41) is 4.49. The molecule has 0 aromatic carbocycles. The van der Waals surface area contributed by atoms with E-state index in [1.54, 1.807) is 0 Å². The average Bonchev–Trinajstić information content (AvgIpc) is 2.90. The van der Waals surface area contributed by atoms with Crippen molar-refractivity contribution in [2.75, 3.05) is 6.61 Å². The molecule has 5 nitrogen and oxygen atoms in total. The molecule has 6 heteroatoms. The number of nitrogens with zero attached hydrogens (tertiary/aromatic N) is 3. The molecule has 2 aromatic heterocycles. The van der Waals surface area contributed by atoms with Crippen molar-refractivity contribution < 1.29 is 4.74 Å². The van der Waals surface area contributed by atoms with Crippen LogP contribution in [-0.4, -0.2) is 32.0 Å². The van der Waals surface area contributed by atoms with Gasteiger partial charge in [0.1, 0.15) is 5.52 Å². The Balaban J connectivity index is 1.90. The molecule has 2 aliphatic rings. The van der Waals surface area contributed by atoms with E-state index in [4.69, 9.17) is 17.0 Å². The molecule has 1 aliphatic carbocycles. The molecular weight excluding hydrogens is 260 g/mol. The number of imidazole rings is 1. The number of aromatic nitrogens is 4. The highest BCUT2D eigenvalue weighted by Crippen LogP contribution is 2.44. The van der Waals surface area contributed by atoms with Gasteiger partial charge in [-0.25, -0.2) is 0 Å². The molecule has 19 heavy (non-hydrogen) atoms. The summed E-state index contributed by atoms with van der Waals surface area (Å²) in [6.45, 7) is 2.86. The number of ether oxygens (including phenoxy) is 1. The first-order chi connectivity index (χ1) is 9.16. The van der Waals surface area contributed by atoms with E-state index in [2.05, 4.69) is 14.6 Å². The zero-order chi connectivity index (χ0) is 13.1. The maximum absolute atomic E-state index is 5.95. The summed E-state index contributed by atoms with van der Waals surface area (Å²) in [5.74, 6) is 0.730. The van der Waals surface area contributed by atoms with E-state index in [0.717, 1.165) is 40.6 Å². The van der Waals surface area contributed by atoms with E-state index in [-0.39, 0.29) is 0 Å². The molecule has 1 aliphatic heterocycles. The van der Waals surface area contributed by atoms with Gasteiger partial charge in [0.05, 0.1) is 17.8 Å². The lowest BCUT2D eigenvalue weighted by Gasteiger charge is -2.20. The van der Waals surface area contributed by atoms with Crippen molar-refractivity contribution in [1.29, 1.82) is 0 Å². The molecule has 2 fully saturated rings. The zero-order valence-electron chi connectivity index (χ0n) is 11.2. The summed E-state index contributed by atoms with van der Waals surface area (Å²) in [6.07, 6.45) is 3.98. The highest BCUT2D eigenvalue weighted by Gasteiger charge is 2.42. The van der Waals surface area contributed by atoms with Gasteiger partial charge in [0.2, 0.25) is 0 Å². The van der Waals surface area contributed by atoms with Crippen molar-refractivity contribution in [3.8, 4) is 0 Å². The van der Waals surface area contributed by atoms with Crippen LogP contribution in [0.15, 0.2) is 0 Å². The maximum atomic E-state index is 5.95. The fraction of sp³-hybridized carbons (Fsp3) is 0.692. The Morgan fingerprint density at radius 1 is 1.37 bits per heavy atom. The molecule has 3 heterocycles. The Labute approximate surface area is 116 Å². The van der Waals surface area contributed by atoms with E-state index in [1.807, 2.05) is 18.7 Å². The molecule has 0 amide bonds. The third-order valence-corrected chi connectivity index (χ3v) is 4.69. The Hall–Kier alpha value is -1.14. The molecule has 102 valence electrons. The van der Waals surface area contributed by atoms with Crippen LogP contribution in [0.2, 0.25) is 0 Å². The van der Waals surface area contributed by atoms with Gasteiger partial charge in [0, 0.05) is 13.7 Å². The van der Waals surface area contributed by atoms with Crippen LogP contribution >= 0.6 is 12.2 Å². The summed E-state index contributed by atoms with van der Waals surface area (Å²) in [6, 6.07) is 0.364.